The maximum absolute atomic E-state index is 12.4. The highest BCUT2D eigenvalue weighted by molar-refractivity contribution is 7.90. The third kappa shape index (κ3) is 7.52. The molecular formula is C26H39N3O4S2. The zero-order valence-corrected chi connectivity index (χ0v) is 22.8. The Hall–Kier alpha value is -1.94. The van der Waals surface area contributed by atoms with Crippen molar-refractivity contribution in [3.63, 3.8) is 0 Å². The molecule has 3 rings (SSSR count). The Labute approximate surface area is 211 Å². The van der Waals surface area contributed by atoms with E-state index < -0.39 is 30.5 Å². The van der Waals surface area contributed by atoms with E-state index in [1.165, 1.54) is 0 Å². The maximum Gasteiger partial charge on any atom is 0.214 e. The van der Waals surface area contributed by atoms with Crippen LogP contribution in [0.3, 0.4) is 0 Å². The first-order chi connectivity index (χ1) is 16.5. The van der Waals surface area contributed by atoms with E-state index in [-0.39, 0.29) is 12.0 Å². The minimum Gasteiger partial charge on any atom is -0.366 e. The SMILES string of the molecule is CC(C)S(=O)(=O)NCCN(Cc1ccccc1)c1ccc(C2CCCC2NS(=O)(=O)C(C)C)cc1. The van der Waals surface area contributed by atoms with Crippen molar-refractivity contribution in [3.8, 4) is 0 Å². The van der Waals surface area contributed by atoms with Crippen LogP contribution in [-0.2, 0) is 26.6 Å². The second-order valence-corrected chi connectivity index (χ2v) is 14.4. The molecule has 35 heavy (non-hydrogen) atoms. The summed E-state index contributed by atoms with van der Waals surface area (Å²) in [5, 5.41) is -0.928. The quantitative estimate of drug-likeness (QED) is 0.440. The van der Waals surface area contributed by atoms with Crippen LogP contribution >= 0.6 is 0 Å². The smallest absolute Gasteiger partial charge is 0.214 e. The second kappa shape index (κ2) is 11.9. The summed E-state index contributed by atoms with van der Waals surface area (Å²) in [6.45, 7) is 8.23. The largest absolute Gasteiger partial charge is 0.366 e. The third-order valence-corrected chi connectivity index (χ3v) is 10.4. The van der Waals surface area contributed by atoms with Crippen LogP contribution in [0.1, 0.15) is 64.0 Å². The highest BCUT2D eigenvalue weighted by Gasteiger charge is 2.32. The Balaban J connectivity index is 1.76. The lowest BCUT2D eigenvalue weighted by molar-refractivity contribution is 0.519. The molecule has 1 aliphatic rings. The van der Waals surface area contributed by atoms with Gasteiger partial charge in [-0.15, -0.1) is 0 Å². The predicted molar refractivity (Wildman–Crippen MR) is 144 cm³/mol. The van der Waals surface area contributed by atoms with Crippen molar-refractivity contribution >= 4 is 25.7 Å². The van der Waals surface area contributed by atoms with E-state index in [4.69, 9.17) is 0 Å². The summed E-state index contributed by atoms with van der Waals surface area (Å²) >= 11 is 0. The number of nitrogens with one attached hydrogen (secondary N) is 2. The van der Waals surface area contributed by atoms with Crippen LogP contribution in [0.25, 0.3) is 0 Å². The molecule has 194 valence electrons. The van der Waals surface area contributed by atoms with Crippen molar-refractivity contribution in [3.05, 3.63) is 65.7 Å². The van der Waals surface area contributed by atoms with Crippen molar-refractivity contribution in [2.24, 2.45) is 0 Å². The van der Waals surface area contributed by atoms with Gasteiger partial charge in [-0.05, 0) is 63.8 Å². The van der Waals surface area contributed by atoms with Crippen molar-refractivity contribution in [1.82, 2.24) is 9.44 Å². The molecule has 0 radical (unpaired) electrons. The summed E-state index contributed by atoms with van der Waals surface area (Å²) in [5.41, 5.74) is 3.27. The van der Waals surface area contributed by atoms with Gasteiger partial charge in [-0.1, -0.05) is 48.9 Å². The molecule has 1 aliphatic carbocycles. The molecule has 1 fully saturated rings. The van der Waals surface area contributed by atoms with Crippen LogP contribution in [-0.4, -0.2) is 46.5 Å². The van der Waals surface area contributed by atoms with Gasteiger partial charge < -0.3 is 4.90 Å². The Kier molecular flexibility index (Phi) is 9.37. The van der Waals surface area contributed by atoms with Crippen LogP contribution < -0.4 is 14.3 Å². The molecular weight excluding hydrogens is 482 g/mol. The van der Waals surface area contributed by atoms with Gasteiger partial charge in [0.05, 0.1) is 10.5 Å². The normalized spacial score (nSPS) is 18.9. The van der Waals surface area contributed by atoms with Gasteiger partial charge in [-0.3, -0.25) is 0 Å². The van der Waals surface area contributed by atoms with Gasteiger partial charge in [0.25, 0.3) is 0 Å². The van der Waals surface area contributed by atoms with Gasteiger partial charge >= 0.3 is 0 Å². The first-order valence-electron chi connectivity index (χ1n) is 12.4. The molecule has 1 saturated carbocycles. The molecule has 2 aromatic rings. The molecule has 0 bridgehead atoms. The first-order valence-corrected chi connectivity index (χ1v) is 15.5. The highest BCUT2D eigenvalue weighted by Crippen LogP contribution is 2.36. The lowest BCUT2D eigenvalue weighted by atomic mass is 9.94. The monoisotopic (exact) mass is 521 g/mol. The molecule has 0 spiro atoms. The van der Waals surface area contributed by atoms with E-state index in [9.17, 15) is 16.8 Å². The third-order valence-electron chi connectivity index (χ3n) is 6.66. The Morgan fingerprint density at radius 3 is 2.09 bits per heavy atom. The number of nitrogens with zero attached hydrogens (tertiary/aromatic N) is 1. The lowest BCUT2D eigenvalue weighted by Crippen LogP contribution is -2.40. The van der Waals surface area contributed by atoms with E-state index in [1.54, 1.807) is 27.7 Å². The molecule has 9 heteroatoms. The summed E-state index contributed by atoms with van der Waals surface area (Å²) < 4.78 is 54.9. The Bertz CT molecular complexity index is 1150. The van der Waals surface area contributed by atoms with Crippen LogP contribution in [0.5, 0.6) is 0 Å². The molecule has 0 aliphatic heterocycles. The highest BCUT2D eigenvalue weighted by atomic mass is 32.2. The summed E-state index contributed by atoms with van der Waals surface area (Å²) in [6, 6.07) is 18.3. The standard InChI is InChI=1S/C26H39N3O4S2/c1-20(2)34(30,31)27-17-18-29(19-22-9-6-5-7-10-22)24-15-13-23(14-16-24)25-11-8-12-26(25)28-35(32,33)21(3)4/h5-7,9-10,13-16,20-21,25-28H,8,11-12,17-19H2,1-4H3. The number of rotatable bonds is 12. The van der Waals surface area contributed by atoms with Gasteiger partial charge in [-0.25, -0.2) is 26.3 Å². The number of hydrogen-bond donors (Lipinski definition) is 2. The maximum atomic E-state index is 12.4. The molecule has 0 aromatic heterocycles. The van der Waals surface area contributed by atoms with E-state index in [0.717, 1.165) is 36.1 Å². The van der Waals surface area contributed by atoms with E-state index in [2.05, 4.69) is 50.7 Å². The average Bonchev–Trinajstić information content (AvgIpc) is 3.26. The zero-order valence-electron chi connectivity index (χ0n) is 21.1. The fourth-order valence-corrected chi connectivity index (χ4v) is 6.06. The molecule has 0 saturated heterocycles. The summed E-state index contributed by atoms with van der Waals surface area (Å²) in [6.07, 6.45) is 2.79. The molecule has 2 N–H and O–H groups in total. The first kappa shape index (κ1) is 27.6. The summed E-state index contributed by atoms with van der Waals surface area (Å²) in [5.74, 6) is 0.151. The number of sulfonamides is 2. The van der Waals surface area contributed by atoms with Crippen molar-refractivity contribution < 1.29 is 16.8 Å². The van der Waals surface area contributed by atoms with Gasteiger partial charge in [0.2, 0.25) is 20.0 Å². The van der Waals surface area contributed by atoms with E-state index >= 15 is 0 Å². The number of anilines is 1. The molecule has 2 unspecified atom stereocenters. The molecule has 7 nitrogen and oxygen atoms in total. The van der Waals surface area contributed by atoms with Gasteiger partial charge in [0, 0.05) is 37.3 Å². The van der Waals surface area contributed by atoms with Crippen molar-refractivity contribution in [1.29, 1.82) is 0 Å². The fraction of sp³-hybridized carbons (Fsp3) is 0.538. The van der Waals surface area contributed by atoms with Gasteiger partial charge in [0.15, 0.2) is 0 Å². The minimum atomic E-state index is -3.33. The van der Waals surface area contributed by atoms with Crippen LogP contribution in [0.2, 0.25) is 0 Å². The van der Waals surface area contributed by atoms with E-state index in [1.807, 2.05) is 18.2 Å². The van der Waals surface area contributed by atoms with Crippen LogP contribution in [0, 0.1) is 0 Å². The average molecular weight is 522 g/mol. The molecule has 2 aromatic carbocycles. The summed E-state index contributed by atoms with van der Waals surface area (Å²) in [4.78, 5) is 2.16. The number of hydrogen-bond acceptors (Lipinski definition) is 5. The lowest BCUT2D eigenvalue weighted by Gasteiger charge is -2.27. The zero-order chi connectivity index (χ0) is 25.6. The van der Waals surface area contributed by atoms with Crippen LogP contribution in [0.15, 0.2) is 54.6 Å². The van der Waals surface area contributed by atoms with E-state index in [0.29, 0.717) is 19.6 Å². The fourth-order valence-electron chi connectivity index (χ4n) is 4.37. The minimum absolute atomic E-state index is 0.0842. The Morgan fingerprint density at radius 1 is 0.857 bits per heavy atom. The van der Waals surface area contributed by atoms with Crippen molar-refractivity contribution in [2.45, 2.75) is 76.0 Å². The van der Waals surface area contributed by atoms with Crippen molar-refractivity contribution in [2.75, 3.05) is 18.0 Å². The second-order valence-electron chi connectivity index (χ2n) is 9.84. The van der Waals surface area contributed by atoms with Gasteiger partial charge in [0.1, 0.15) is 0 Å². The summed E-state index contributed by atoms with van der Waals surface area (Å²) in [7, 11) is -6.65. The molecule has 0 amide bonds. The van der Waals surface area contributed by atoms with Crippen LogP contribution in [0.4, 0.5) is 5.69 Å². The molecule has 2 atom stereocenters. The topological polar surface area (TPSA) is 95.6 Å². The Morgan fingerprint density at radius 2 is 1.49 bits per heavy atom. The van der Waals surface area contributed by atoms with Gasteiger partial charge in [-0.2, -0.15) is 0 Å². The molecule has 0 heterocycles. The predicted octanol–water partition coefficient (Wildman–Crippen LogP) is 3.98. The number of benzene rings is 2.